The third kappa shape index (κ3) is 9.36. The topological polar surface area (TPSA) is 231 Å². The maximum atomic E-state index is 14.1. The number of hydrogen-bond acceptors (Lipinski definition) is 15. The highest BCUT2D eigenvalue weighted by Crippen LogP contribution is 2.46. The molecule has 59 heavy (non-hydrogen) atoms. The molecule has 1 aromatic heterocycles. The maximum Gasteiger partial charge on any atom is 0.408 e. The number of aromatic nitrogens is 2. The zero-order valence-electron chi connectivity index (χ0n) is 33.0. The van der Waals surface area contributed by atoms with Crippen molar-refractivity contribution in [1.82, 2.24) is 14.5 Å². The molecule has 3 aromatic rings. The van der Waals surface area contributed by atoms with Gasteiger partial charge in [0.05, 0.1) is 26.4 Å². The molecule has 0 saturated carbocycles. The second kappa shape index (κ2) is 17.6. The lowest BCUT2D eigenvalue weighted by Crippen LogP contribution is -2.58. The lowest BCUT2D eigenvalue weighted by molar-refractivity contribution is -0.268. The summed E-state index contributed by atoms with van der Waals surface area (Å²) in [6.07, 6.45) is -9.76. The van der Waals surface area contributed by atoms with Crippen molar-refractivity contribution < 1.29 is 57.0 Å². The van der Waals surface area contributed by atoms with Crippen molar-refractivity contribution in [3.05, 3.63) is 115 Å². The van der Waals surface area contributed by atoms with Crippen LogP contribution in [0.3, 0.4) is 0 Å². The molecule has 5 heterocycles. The Morgan fingerprint density at radius 1 is 0.864 bits per heavy atom. The number of amides is 1. The molecule has 316 valence electrons. The van der Waals surface area contributed by atoms with E-state index in [-0.39, 0.29) is 26.5 Å². The highest BCUT2D eigenvalue weighted by Gasteiger charge is 2.62. The van der Waals surface area contributed by atoms with Crippen LogP contribution in [-0.2, 0) is 72.1 Å². The Bertz CT molecular complexity index is 2130. The molecule has 2 aromatic carbocycles. The van der Waals surface area contributed by atoms with Crippen molar-refractivity contribution in [2.75, 3.05) is 13.7 Å². The van der Waals surface area contributed by atoms with E-state index in [4.69, 9.17) is 52.9 Å². The van der Waals surface area contributed by atoms with Crippen LogP contribution in [0.2, 0.25) is 0 Å². The van der Waals surface area contributed by atoms with Crippen molar-refractivity contribution in [3.8, 4) is 0 Å². The summed E-state index contributed by atoms with van der Waals surface area (Å²) >= 11 is 0. The van der Waals surface area contributed by atoms with Gasteiger partial charge in [0.15, 0.2) is 30.1 Å². The number of carbonyl (C=O) groups excluding carboxylic acids is 2. The Labute approximate surface area is 337 Å². The molecule has 4 aliphatic heterocycles. The molecular weight excluding hydrogens is 776 g/mol. The quantitative estimate of drug-likeness (QED) is 0.101. The molecule has 4 fully saturated rings. The molecule has 20 nitrogen and oxygen atoms in total. The lowest BCUT2D eigenvalue weighted by atomic mass is 9.99. The van der Waals surface area contributed by atoms with E-state index in [1.165, 1.54) is 12.3 Å². The van der Waals surface area contributed by atoms with Gasteiger partial charge in [-0.2, -0.15) is 0 Å². The molecule has 4 aliphatic rings. The van der Waals surface area contributed by atoms with Crippen LogP contribution in [0.5, 0.6) is 0 Å². The van der Waals surface area contributed by atoms with Gasteiger partial charge in [-0.05, 0) is 44.4 Å². The number of ether oxygens (including phenoxy) is 10. The van der Waals surface area contributed by atoms with Crippen molar-refractivity contribution in [2.45, 2.75) is 121 Å². The van der Waals surface area contributed by atoms with Crippen molar-refractivity contribution in [3.63, 3.8) is 0 Å². The summed E-state index contributed by atoms with van der Waals surface area (Å²) < 4.78 is 62.9. The Balaban J connectivity index is 1.23. The van der Waals surface area contributed by atoms with E-state index in [2.05, 4.69) is 15.3 Å². The fraction of sp³-hybridized carbons (Fsp3) is 0.538. The number of hydrogen-bond donors (Lipinski definition) is 1. The van der Waals surface area contributed by atoms with E-state index >= 15 is 0 Å². The molecule has 10 atom stereocenters. The van der Waals surface area contributed by atoms with Gasteiger partial charge in [-0.25, -0.2) is 19.0 Å². The third-order valence-electron chi connectivity index (χ3n) is 10.1. The minimum absolute atomic E-state index is 0.130. The van der Waals surface area contributed by atoms with Gasteiger partial charge in [-0.1, -0.05) is 65.8 Å². The molecule has 0 aliphatic carbocycles. The number of nitrogens with zero attached hydrogens (tertiary/aromatic N) is 5. The van der Waals surface area contributed by atoms with E-state index in [0.29, 0.717) is 5.56 Å². The van der Waals surface area contributed by atoms with Gasteiger partial charge in [0, 0.05) is 17.2 Å². The van der Waals surface area contributed by atoms with Crippen LogP contribution >= 0.6 is 0 Å². The summed E-state index contributed by atoms with van der Waals surface area (Å²) in [6.45, 7) is 6.19. The molecule has 0 bridgehead atoms. The average Bonchev–Trinajstić information content (AvgIpc) is 3.92. The summed E-state index contributed by atoms with van der Waals surface area (Å²) in [5.41, 5.74) is 9.20. The van der Waals surface area contributed by atoms with Crippen molar-refractivity contribution in [1.29, 1.82) is 0 Å². The first kappa shape index (κ1) is 42.0. The summed E-state index contributed by atoms with van der Waals surface area (Å²) in [4.78, 5) is 57.1. The molecule has 4 saturated heterocycles. The second-order valence-corrected chi connectivity index (χ2v) is 15.1. The van der Waals surface area contributed by atoms with Crippen LogP contribution in [-0.4, -0.2) is 101 Å². The number of carbonyl (C=O) groups is 2. The number of methoxy groups -OCH3 is 1. The van der Waals surface area contributed by atoms with Gasteiger partial charge in [0.2, 0.25) is 0 Å². The highest BCUT2D eigenvalue weighted by molar-refractivity contribution is 5.82. The van der Waals surface area contributed by atoms with Crippen LogP contribution in [0.1, 0.15) is 45.0 Å². The van der Waals surface area contributed by atoms with Gasteiger partial charge in [-0.15, -0.1) is 0 Å². The molecule has 0 spiro atoms. The van der Waals surface area contributed by atoms with Gasteiger partial charge in [-0.3, -0.25) is 9.36 Å². The van der Waals surface area contributed by atoms with Gasteiger partial charge in [0.1, 0.15) is 50.0 Å². The van der Waals surface area contributed by atoms with Gasteiger partial charge < -0.3 is 52.7 Å². The number of alkyl carbamates (subject to hydrolysis) is 1. The predicted molar refractivity (Wildman–Crippen MR) is 201 cm³/mol. The summed E-state index contributed by atoms with van der Waals surface area (Å²) in [5.74, 6) is -3.31. The molecule has 0 radical (unpaired) electrons. The first-order chi connectivity index (χ1) is 28.3. The van der Waals surface area contributed by atoms with E-state index in [9.17, 15) is 19.2 Å². The molecule has 1 amide bonds. The zero-order chi connectivity index (χ0) is 41.9. The normalized spacial score (nSPS) is 28.5. The first-order valence-electron chi connectivity index (χ1n) is 18.9. The lowest BCUT2D eigenvalue weighted by Gasteiger charge is -2.35. The van der Waals surface area contributed by atoms with Crippen LogP contribution in [0.15, 0.2) is 87.6 Å². The smallest absolute Gasteiger partial charge is 0.408 e. The van der Waals surface area contributed by atoms with Crippen molar-refractivity contribution in [2.24, 2.45) is 5.11 Å². The van der Waals surface area contributed by atoms with Gasteiger partial charge in [0.25, 0.3) is 5.56 Å². The monoisotopic (exact) mass is 822 g/mol. The summed E-state index contributed by atoms with van der Waals surface area (Å²) in [6, 6.07) is 17.7. The fourth-order valence-corrected chi connectivity index (χ4v) is 7.58. The number of nitrogens with one attached hydrogen (secondary N) is 1. The van der Waals surface area contributed by atoms with Crippen LogP contribution < -0.4 is 16.6 Å². The van der Waals surface area contributed by atoms with E-state index in [1.807, 2.05) is 36.4 Å². The highest BCUT2D eigenvalue weighted by atomic mass is 16.8. The standard InChI is InChI=1S/C39H46N6O14/c1-38(2)56-27-24(18-41-43-40)53-35(32(27)59-38)55-28(26(34(47)50-5)42-36(48)52-20-23-14-10-7-11-15-23)29-30-31(58-39(3,4)57-30)33(54-29)44-17-16-25(46)45(37(44)49)21-51-19-22-12-8-6-9-13-22/h6-17,24,26-33,35H,18-21H2,1-5H3,(H,42,48)/t24-,26+,27-,28+,29-,30-,31-,32-,33-,35+/m1/s1. The number of benzene rings is 2. The first-order valence-corrected chi connectivity index (χ1v) is 18.9. The number of rotatable bonds is 15. The van der Waals surface area contributed by atoms with E-state index in [1.54, 1.807) is 52.0 Å². The largest absolute Gasteiger partial charge is 0.467 e. The Kier molecular flexibility index (Phi) is 12.5. The fourth-order valence-electron chi connectivity index (χ4n) is 7.58. The molecule has 0 unspecified atom stereocenters. The summed E-state index contributed by atoms with van der Waals surface area (Å²) in [5, 5.41) is 6.23. The minimum Gasteiger partial charge on any atom is -0.467 e. The molecular formula is C39H46N6O14. The SMILES string of the molecule is COC(=O)[C@@H](NC(=O)OCc1ccccc1)[C@H](O[C@@H]1O[C@H](CN=[N+]=[N-])[C@H]2OC(C)(C)O[C@@H]12)[C@H]1O[C@@H](n2ccc(=O)n(COCc3ccccc3)c2=O)[C@@H]2OC(C)(C)O[C@H]12. The van der Waals surface area contributed by atoms with E-state index < -0.39 is 96.2 Å². The second-order valence-electron chi connectivity index (χ2n) is 15.1. The zero-order valence-corrected chi connectivity index (χ0v) is 33.0. The maximum absolute atomic E-state index is 14.1. The van der Waals surface area contributed by atoms with Crippen molar-refractivity contribution >= 4 is 12.1 Å². The number of esters is 1. The molecule has 7 rings (SSSR count). The average molecular weight is 823 g/mol. The minimum atomic E-state index is -1.66. The van der Waals surface area contributed by atoms with Crippen LogP contribution in [0, 0.1) is 0 Å². The Morgan fingerprint density at radius 3 is 2.15 bits per heavy atom. The number of fused-ring (bicyclic) bond motifs is 2. The number of azide groups is 1. The van der Waals surface area contributed by atoms with E-state index in [0.717, 1.165) is 21.8 Å². The van der Waals surface area contributed by atoms with Crippen LogP contribution in [0.4, 0.5) is 4.79 Å². The Hall–Kier alpha value is -5.15. The Morgan fingerprint density at radius 2 is 1.49 bits per heavy atom. The van der Waals surface area contributed by atoms with Crippen LogP contribution in [0.25, 0.3) is 10.4 Å². The summed E-state index contributed by atoms with van der Waals surface area (Å²) in [7, 11) is 1.12. The van der Waals surface area contributed by atoms with Gasteiger partial charge >= 0.3 is 17.8 Å². The third-order valence-corrected chi connectivity index (χ3v) is 10.1. The molecule has 1 N–H and O–H groups in total. The predicted octanol–water partition coefficient (Wildman–Crippen LogP) is 3.01. The molecule has 20 heteroatoms.